The van der Waals surface area contributed by atoms with Gasteiger partial charge in [-0.05, 0) is 65.0 Å². The lowest BCUT2D eigenvalue weighted by molar-refractivity contribution is 0.380. The molecule has 1 aliphatic rings. The van der Waals surface area contributed by atoms with Crippen molar-refractivity contribution in [3.05, 3.63) is 21.8 Å². The van der Waals surface area contributed by atoms with Crippen LogP contribution in [0.15, 0.2) is 18.2 Å². The van der Waals surface area contributed by atoms with Crippen molar-refractivity contribution in [2.45, 2.75) is 26.7 Å². The molecule has 88 valence electrons. The van der Waals surface area contributed by atoms with Crippen LogP contribution in [0.3, 0.4) is 0 Å². The summed E-state index contributed by atoms with van der Waals surface area (Å²) in [4.78, 5) is 0. The van der Waals surface area contributed by atoms with Crippen LogP contribution in [0.5, 0.6) is 0 Å². The van der Waals surface area contributed by atoms with Gasteiger partial charge in [0.15, 0.2) is 0 Å². The van der Waals surface area contributed by atoms with Gasteiger partial charge < -0.3 is 11.1 Å². The van der Waals surface area contributed by atoms with Crippen molar-refractivity contribution in [3.8, 4) is 0 Å². The van der Waals surface area contributed by atoms with Gasteiger partial charge in [0.25, 0.3) is 0 Å². The van der Waals surface area contributed by atoms with Crippen molar-refractivity contribution in [3.63, 3.8) is 0 Å². The molecule has 1 aromatic rings. The fraction of sp³-hybridized carbons (Fsp3) is 0.538. The Balaban J connectivity index is 2.00. The number of anilines is 2. The van der Waals surface area contributed by atoms with E-state index in [1.165, 1.54) is 22.1 Å². The number of halogens is 1. The molecule has 1 saturated carbocycles. The van der Waals surface area contributed by atoms with E-state index >= 15 is 0 Å². The Hall–Kier alpha value is -0.450. The molecule has 1 aromatic carbocycles. The molecule has 0 radical (unpaired) electrons. The summed E-state index contributed by atoms with van der Waals surface area (Å²) in [5, 5.41) is 3.56. The van der Waals surface area contributed by atoms with Crippen LogP contribution in [0, 0.1) is 14.9 Å². The summed E-state index contributed by atoms with van der Waals surface area (Å²) in [7, 11) is 0. The Morgan fingerprint density at radius 1 is 1.44 bits per heavy atom. The van der Waals surface area contributed by atoms with Crippen LogP contribution >= 0.6 is 22.6 Å². The zero-order valence-corrected chi connectivity index (χ0v) is 12.0. The van der Waals surface area contributed by atoms with Crippen LogP contribution in [0.25, 0.3) is 0 Å². The molecule has 0 spiro atoms. The lowest BCUT2D eigenvalue weighted by atomic mass is 9.92. The van der Waals surface area contributed by atoms with Crippen molar-refractivity contribution in [1.82, 2.24) is 0 Å². The van der Waals surface area contributed by atoms with Gasteiger partial charge in [-0.1, -0.05) is 13.8 Å². The Kier molecular flexibility index (Phi) is 3.33. The lowest BCUT2D eigenvalue weighted by Crippen LogP contribution is -2.21. The highest BCUT2D eigenvalue weighted by Gasteiger charge is 2.44. The maximum absolute atomic E-state index is 5.74. The summed E-state index contributed by atoms with van der Waals surface area (Å²) >= 11 is 2.33. The van der Waals surface area contributed by atoms with Crippen LogP contribution in [0.2, 0.25) is 0 Å². The number of hydrogen-bond acceptors (Lipinski definition) is 2. The standard InChI is InChI=1S/C13H19IN2/c1-9(2)13(5-6-13)8-16-12-4-3-10(15)7-11(12)14/h3-4,7,9,16H,5-6,8,15H2,1-2H3. The van der Waals surface area contributed by atoms with Gasteiger partial charge in [0.1, 0.15) is 0 Å². The maximum atomic E-state index is 5.74. The Morgan fingerprint density at radius 3 is 2.62 bits per heavy atom. The second kappa shape index (κ2) is 4.43. The van der Waals surface area contributed by atoms with Crippen LogP contribution in [-0.2, 0) is 0 Å². The van der Waals surface area contributed by atoms with Gasteiger partial charge in [0, 0.05) is 21.5 Å². The molecule has 0 aliphatic heterocycles. The molecule has 0 saturated heterocycles. The first-order chi connectivity index (χ1) is 7.53. The molecule has 3 heteroatoms. The smallest absolute Gasteiger partial charge is 0.0477 e. The molecule has 3 N–H and O–H groups in total. The highest BCUT2D eigenvalue weighted by molar-refractivity contribution is 14.1. The van der Waals surface area contributed by atoms with Gasteiger partial charge in [0.05, 0.1) is 0 Å². The lowest BCUT2D eigenvalue weighted by Gasteiger charge is -2.21. The summed E-state index contributed by atoms with van der Waals surface area (Å²) in [6, 6.07) is 6.05. The van der Waals surface area contributed by atoms with E-state index in [0.717, 1.165) is 18.2 Å². The molecular formula is C13H19IN2. The van der Waals surface area contributed by atoms with Crippen LogP contribution in [0.4, 0.5) is 11.4 Å². The average Bonchev–Trinajstić information content (AvgIpc) is 2.97. The van der Waals surface area contributed by atoms with Gasteiger partial charge in [0.2, 0.25) is 0 Å². The first-order valence-electron chi connectivity index (χ1n) is 5.82. The number of hydrogen-bond donors (Lipinski definition) is 2. The van der Waals surface area contributed by atoms with Gasteiger partial charge in [-0.25, -0.2) is 0 Å². The first-order valence-corrected chi connectivity index (χ1v) is 6.90. The quantitative estimate of drug-likeness (QED) is 0.652. The molecule has 2 rings (SSSR count). The summed E-state index contributed by atoms with van der Waals surface area (Å²) in [6.07, 6.45) is 2.73. The Morgan fingerprint density at radius 2 is 2.12 bits per heavy atom. The topological polar surface area (TPSA) is 38.0 Å². The zero-order chi connectivity index (χ0) is 11.8. The van der Waals surface area contributed by atoms with Crippen LogP contribution in [-0.4, -0.2) is 6.54 Å². The third kappa shape index (κ3) is 2.44. The molecular weight excluding hydrogens is 311 g/mol. The number of rotatable bonds is 4. The van der Waals surface area contributed by atoms with Gasteiger partial charge in [-0.2, -0.15) is 0 Å². The molecule has 0 aromatic heterocycles. The number of nitrogens with two attached hydrogens (primary N) is 1. The molecule has 0 unspecified atom stereocenters. The SMILES string of the molecule is CC(C)C1(CNc2ccc(N)cc2I)CC1. The maximum Gasteiger partial charge on any atom is 0.0477 e. The molecule has 1 fully saturated rings. The normalized spacial score (nSPS) is 17.5. The number of nitrogen functional groups attached to an aromatic ring is 1. The second-order valence-electron chi connectivity index (χ2n) is 5.11. The van der Waals surface area contributed by atoms with E-state index in [9.17, 15) is 0 Å². The van der Waals surface area contributed by atoms with E-state index in [4.69, 9.17) is 5.73 Å². The summed E-state index contributed by atoms with van der Waals surface area (Å²) < 4.78 is 1.21. The minimum absolute atomic E-state index is 0.546. The third-order valence-electron chi connectivity index (χ3n) is 3.74. The fourth-order valence-corrected chi connectivity index (χ4v) is 2.79. The Bertz CT molecular complexity index is 384. The third-order valence-corrected chi connectivity index (χ3v) is 4.63. The molecule has 0 bridgehead atoms. The highest BCUT2D eigenvalue weighted by Crippen LogP contribution is 2.51. The number of nitrogens with one attached hydrogen (secondary N) is 1. The fourth-order valence-electron chi connectivity index (χ4n) is 2.06. The summed E-state index contributed by atoms with van der Waals surface area (Å²) in [5.74, 6) is 0.770. The van der Waals surface area contributed by atoms with Crippen molar-refractivity contribution >= 4 is 34.0 Å². The van der Waals surface area contributed by atoms with E-state index < -0.39 is 0 Å². The van der Waals surface area contributed by atoms with Gasteiger partial charge in [-0.3, -0.25) is 0 Å². The first kappa shape index (κ1) is 12.0. The molecule has 16 heavy (non-hydrogen) atoms. The minimum atomic E-state index is 0.546. The molecule has 1 aliphatic carbocycles. The van der Waals surface area contributed by atoms with E-state index in [0.29, 0.717) is 5.41 Å². The van der Waals surface area contributed by atoms with Crippen molar-refractivity contribution < 1.29 is 0 Å². The van der Waals surface area contributed by atoms with Crippen molar-refractivity contribution in [1.29, 1.82) is 0 Å². The molecule has 0 heterocycles. The van der Waals surface area contributed by atoms with E-state index in [1.807, 2.05) is 12.1 Å². The van der Waals surface area contributed by atoms with Crippen LogP contribution < -0.4 is 11.1 Å². The van der Waals surface area contributed by atoms with E-state index in [2.05, 4.69) is 47.8 Å². The van der Waals surface area contributed by atoms with Gasteiger partial charge >= 0.3 is 0 Å². The largest absolute Gasteiger partial charge is 0.399 e. The summed E-state index contributed by atoms with van der Waals surface area (Å²) in [5.41, 5.74) is 8.33. The minimum Gasteiger partial charge on any atom is -0.399 e. The van der Waals surface area contributed by atoms with Crippen molar-refractivity contribution in [2.24, 2.45) is 11.3 Å². The zero-order valence-electron chi connectivity index (χ0n) is 9.89. The molecule has 0 amide bonds. The molecule has 2 nitrogen and oxygen atoms in total. The monoisotopic (exact) mass is 330 g/mol. The highest BCUT2D eigenvalue weighted by atomic mass is 127. The Labute approximate surface area is 111 Å². The second-order valence-corrected chi connectivity index (χ2v) is 6.27. The van der Waals surface area contributed by atoms with E-state index in [-0.39, 0.29) is 0 Å². The number of benzene rings is 1. The molecule has 0 atom stereocenters. The van der Waals surface area contributed by atoms with Crippen molar-refractivity contribution in [2.75, 3.05) is 17.6 Å². The predicted octanol–water partition coefficient (Wildman–Crippen LogP) is 3.72. The predicted molar refractivity (Wildman–Crippen MR) is 78.6 cm³/mol. The average molecular weight is 330 g/mol. The van der Waals surface area contributed by atoms with Crippen LogP contribution in [0.1, 0.15) is 26.7 Å². The van der Waals surface area contributed by atoms with E-state index in [1.54, 1.807) is 0 Å². The summed E-state index contributed by atoms with van der Waals surface area (Å²) in [6.45, 7) is 5.73. The van der Waals surface area contributed by atoms with Gasteiger partial charge in [-0.15, -0.1) is 0 Å².